The first kappa shape index (κ1) is 17.4. The molecule has 2 aliphatic heterocycles. The maximum atomic E-state index is 12.7. The number of fused-ring (bicyclic) bond motifs is 1. The number of carbonyl (C=O) groups excluding carboxylic acids is 1. The molecular formula is C20H21BrN2O3. The van der Waals surface area contributed by atoms with E-state index in [0.717, 1.165) is 60.7 Å². The normalized spacial score (nSPS) is 17.2. The Morgan fingerprint density at radius 3 is 2.58 bits per heavy atom. The highest BCUT2D eigenvalue weighted by molar-refractivity contribution is 9.10. The minimum Gasteiger partial charge on any atom is -0.454 e. The summed E-state index contributed by atoms with van der Waals surface area (Å²) in [6.07, 6.45) is 0.973. The van der Waals surface area contributed by atoms with Gasteiger partial charge in [-0.15, -0.1) is 0 Å². The molecule has 4 rings (SSSR count). The fourth-order valence-electron chi connectivity index (χ4n) is 3.42. The van der Waals surface area contributed by atoms with Crippen LogP contribution in [0.4, 0.5) is 0 Å². The van der Waals surface area contributed by atoms with Gasteiger partial charge in [0, 0.05) is 42.8 Å². The van der Waals surface area contributed by atoms with Gasteiger partial charge in [-0.1, -0.05) is 34.1 Å². The first-order chi connectivity index (χ1) is 12.7. The summed E-state index contributed by atoms with van der Waals surface area (Å²) >= 11 is 3.64. The fourth-order valence-corrected chi connectivity index (χ4v) is 3.86. The Bertz CT molecular complexity index is 797. The summed E-state index contributed by atoms with van der Waals surface area (Å²) in [4.78, 5) is 17.0. The summed E-state index contributed by atoms with van der Waals surface area (Å²) in [5.74, 6) is 1.71. The number of hydrogen-bond acceptors (Lipinski definition) is 4. The molecule has 0 aliphatic carbocycles. The van der Waals surface area contributed by atoms with Gasteiger partial charge in [-0.3, -0.25) is 9.69 Å². The molecular weight excluding hydrogens is 396 g/mol. The Hall–Kier alpha value is -2.05. The second-order valence-corrected chi connectivity index (χ2v) is 7.44. The van der Waals surface area contributed by atoms with Crippen LogP contribution in [0, 0.1) is 0 Å². The molecule has 0 N–H and O–H groups in total. The largest absolute Gasteiger partial charge is 0.454 e. The zero-order valence-corrected chi connectivity index (χ0v) is 16.1. The molecule has 0 radical (unpaired) electrons. The average Bonchev–Trinajstić information content (AvgIpc) is 2.98. The quantitative estimate of drug-likeness (QED) is 0.767. The van der Waals surface area contributed by atoms with Crippen LogP contribution in [0.1, 0.15) is 22.3 Å². The first-order valence-electron chi connectivity index (χ1n) is 8.85. The van der Waals surface area contributed by atoms with Crippen molar-refractivity contribution in [3.63, 3.8) is 0 Å². The summed E-state index contributed by atoms with van der Waals surface area (Å²) in [5.41, 5.74) is 1.94. The van der Waals surface area contributed by atoms with E-state index in [4.69, 9.17) is 9.47 Å². The van der Waals surface area contributed by atoms with E-state index in [-0.39, 0.29) is 12.7 Å². The molecule has 1 amide bonds. The minimum absolute atomic E-state index is 0.122. The van der Waals surface area contributed by atoms with Gasteiger partial charge >= 0.3 is 0 Å². The molecule has 2 aliphatic rings. The molecule has 2 aromatic rings. The van der Waals surface area contributed by atoms with E-state index < -0.39 is 0 Å². The Morgan fingerprint density at radius 1 is 1.00 bits per heavy atom. The van der Waals surface area contributed by atoms with Gasteiger partial charge in [0.25, 0.3) is 5.91 Å². The zero-order chi connectivity index (χ0) is 17.9. The van der Waals surface area contributed by atoms with Crippen molar-refractivity contribution in [2.75, 3.05) is 33.0 Å². The Balaban J connectivity index is 1.41. The standard InChI is InChI=1S/C20H21BrN2O3/c21-17-12-19-18(25-14-26-19)11-16(17)13-22-7-4-8-23(10-9-22)20(24)15-5-2-1-3-6-15/h1-3,5-6,11-12H,4,7-10,13-14H2. The van der Waals surface area contributed by atoms with Crippen LogP contribution in [0.15, 0.2) is 46.9 Å². The average molecular weight is 417 g/mol. The van der Waals surface area contributed by atoms with Crippen molar-refractivity contribution < 1.29 is 14.3 Å². The van der Waals surface area contributed by atoms with Crippen LogP contribution < -0.4 is 9.47 Å². The van der Waals surface area contributed by atoms with Crippen LogP contribution in [0.2, 0.25) is 0 Å². The lowest BCUT2D eigenvalue weighted by Crippen LogP contribution is -2.35. The molecule has 0 unspecified atom stereocenters. The molecule has 5 nitrogen and oxygen atoms in total. The molecule has 6 heteroatoms. The SMILES string of the molecule is O=C(c1ccccc1)N1CCCN(Cc2cc3c(cc2Br)OCO3)CC1. The van der Waals surface area contributed by atoms with Gasteiger partial charge in [0.2, 0.25) is 6.79 Å². The molecule has 1 saturated heterocycles. The Kier molecular flexibility index (Phi) is 5.13. The molecule has 2 heterocycles. The van der Waals surface area contributed by atoms with Gasteiger partial charge in [0.1, 0.15) is 0 Å². The number of ether oxygens (including phenoxy) is 2. The molecule has 0 saturated carbocycles. The van der Waals surface area contributed by atoms with E-state index in [1.807, 2.05) is 47.4 Å². The highest BCUT2D eigenvalue weighted by Gasteiger charge is 2.22. The molecule has 26 heavy (non-hydrogen) atoms. The lowest BCUT2D eigenvalue weighted by molar-refractivity contribution is 0.0761. The third kappa shape index (κ3) is 3.71. The second-order valence-electron chi connectivity index (χ2n) is 6.58. The number of carbonyl (C=O) groups is 1. The van der Waals surface area contributed by atoms with Gasteiger partial charge in [-0.05, 0) is 36.2 Å². The molecule has 2 aromatic carbocycles. The van der Waals surface area contributed by atoms with Crippen molar-refractivity contribution in [1.82, 2.24) is 9.80 Å². The molecule has 1 fully saturated rings. The monoisotopic (exact) mass is 416 g/mol. The van der Waals surface area contributed by atoms with Gasteiger partial charge in [0.05, 0.1) is 0 Å². The number of amides is 1. The van der Waals surface area contributed by atoms with E-state index >= 15 is 0 Å². The maximum Gasteiger partial charge on any atom is 0.253 e. The lowest BCUT2D eigenvalue weighted by Gasteiger charge is -2.22. The minimum atomic E-state index is 0.122. The number of halogens is 1. The molecule has 0 bridgehead atoms. The number of nitrogens with zero attached hydrogens (tertiary/aromatic N) is 2. The molecule has 0 aromatic heterocycles. The summed E-state index contributed by atoms with van der Waals surface area (Å²) in [7, 11) is 0. The summed E-state index contributed by atoms with van der Waals surface area (Å²) < 4.78 is 11.9. The van der Waals surface area contributed by atoms with Crippen molar-refractivity contribution in [2.45, 2.75) is 13.0 Å². The van der Waals surface area contributed by atoms with Gasteiger partial charge in [-0.25, -0.2) is 0 Å². The van der Waals surface area contributed by atoms with Gasteiger partial charge < -0.3 is 14.4 Å². The van der Waals surface area contributed by atoms with Crippen molar-refractivity contribution >= 4 is 21.8 Å². The molecule has 0 atom stereocenters. The predicted molar refractivity (Wildman–Crippen MR) is 103 cm³/mol. The Morgan fingerprint density at radius 2 is 1.77 bits per heavy atom. The summed E-state index contributed by atoms with van der Waals surface area (Å²) in [5, 5.41) is 0. The first-order valence-corrected chi connectivity index (χ1v) is 9.65. The van der Waals surface area contributed by atoms with Crippen LogP contribution in [-0.4, -0.2) is 48.7 Å². The van der Waals surface area contributed by atoms with Crippen LogP contribution in [0.3, 0.4) is 0 Å². The maximum absolute atomic E-state index is 12.7. The second kappa shape index (κ2) is 7.68. The van der Waals surface area contributed by atoms with Crippen LogP contribution >= 0.6 is 15.9 Å². The van der Waals surface area contributed by atoms with Crippen molar-refractivity contribution in [2.24, 2.45) is 0 Å². The van der Waals surface area contributed by atoms with Gasteiger partial charge in [0.15, 0.2) is 11.5 Å². The van der Waals surface area contributed by atoms with Crippen LogP contribution in [0.25, 0.3) is 0 Å². The Labute approximate surface area is 161 Å². The summed E-state index contributed by atoms with van der Waals surface area (Å²) in [6.45, 7) is 4.48. The van der Waals surface area contributed by atoms with Crippen molar-refractivity contribution in [3.8, 4) is 11.5 Å². The van der Waals surface area contributed by atoms with Crippen molar-refractivity contribution in [1.29, 1.82) is 0 Å². The predicted octanol–water partition coefficient (Wildman–Crippen LogP) is 3.53. The highest BCUT2D eigenvalue weighted by Crippen LogP contribution is 2.37. The number of rotatable bonds is 3. The van der Waals surface area contributed by atoms with E-state index in [1.54, 1.807) is 0 Å². The van der Waals surface area contributed by atoms with Crippen molar-refractivity contribution in [3.05, 3.63) is 58.1 Å². The summed E-state index contributed by atoms with van der Waals surface area (Å²) in [6, 6.07) is 13.5. The zero-order valence-electron chi connectivity index (χ0n) is 14.5. The number of benzene rings is 2. The topological polar surface area (TPSA) is 42.0 Å². The van der Waals surface area contributed by atoms with Crippen LogP contribution in [-0.2, 0) is 6.54 Å². The number of hydrogen-bond donors (Lipinski definition) is 0. The smallest absolute Gasteiger partial charge is 0.253 e. The van der Waals surface area contributed by atoms with Gasteiger partial charge in [-0.2, -0.15) is 0 Å². The highest BCUT2D eigenvalue weighted by atomic mass is 79.9. The van der Waals surface area contributed by atoms with Crippen LogP contribution in [0.5, 0.6) is 11.5 Å². The van der Waals surface area contributed by atoms with E-state index in [1.165, 1.54) is 5.56 Å². The lowest BCUT2D eigenvalue weighted by atomic mass is 10.2. The fraction of sp³-hybridized carbons (Fsp3) is 0.350. The third-order valence-electron chi connectivity index (χ3n) is 4.83. The van der Waals surface area contributed by atoms with E-state index in [0.29, 0.717) is 0 Å². The molecule has 0 spiro atoms. The third-order valence-corrected chi connectivity index (χ3v) is 5.57. The van der Waals surface area contributed by atoms with E-state index in [2.05, 4.69) is 20.8 Å². The van der Waals surface area contributed by atoms with E-state index in [9.17, 15) is 4.79 Å². The molecule has 136 valence electrons.